The van der Waals surface area contributed by atoms with Gasteiger partial charge in [-0.25, -0.2) is 0 Å². The Morgan fingerprint density at radius 2 is 1.92 bits per heavy atom. The summed E-state index contributed by atoms with van der Waals surface area (Å²) >= 11 is 0. The molecule has 1 N–H and O–H groups in total. The molecule has 6 heteroatoms. The van der Waals surface area contributed by atoms with E-state index in [1.807, 2.05) is 29.8 Å². The van der Waals surface area contributed by atoms with Gasteiger partial charge in [-0.2, -0.15) is 0 Å². The van der Waals surface area contributed by atoms with E-state index < -0.39 is 10.8 Å². The highest BCUT2D eigenvalue weighted by Gasteiger charge is 2.27. The highest BCUT2D eigenvalue weighted by atomic mass is 32.2. The molecule has 1 aliphatic heterocycles. The number of likely N-dealkylation sites (tertiary alicyclic amines) is 1. The van der Waals surface area contributed by atoms with Gasteiger partial charge in [-0.15, -0.1) is 0 Å². The topological polar surface area (TPSA) is 54.3 Å². The van der Waals surface area contributed by atoms with Gasteiger partial charge >= 0.3 is 0 Å². The summed E-state index contributed by atoms with van der Waals surface area (Å²) < 4.78 is 13.6. The fraction of sp³-hybridized carbons (Fsp3) is 0.450. The Labute approximate surface area is 157 Å². The summed E-state index contributed by atoms with van der Waals surface area (Å²) in [4.78, 5) is 15.4. The van der Waals surface area contributed by atoms with Crippen molar-refractivity contribution < 1.29 is 9.00 Å². The molecule has 0 bridgehead atoms. The van der Waals surface area contributed by atoms with Crippen molar-refractivity contribution in [3.63, 3.8) is 0 Å². The molecule has 0 saturated carbocycles. The van der Waals surface area contributed by atoms with Crippen molar-refractivity contribution in [1.82, 2.24) is 14.8 Å². The molecular weight excluding hydrogens is 346 g/mol. The predicted octanol–water partition coefficient (Wildman–Crippen LogP) is 2.85. The van der Waals surface area contributed by atoms with E-state index in [1.165, 1.54) is 24.1 Å². The average Bonchev–Trinajstić information content (AvgIpc) is 3.03. The van der Waals surface area contributed by atoms with Gasteiger partial charge in [0.1, 0.15) is 5.69 Å². The van der Waals surface area contributed by atoms with Crippen molar-refractivity contribution >= 4 is 16.7 Å². The summed E-state index contributed by atoms with van der Waals surface area (Å²) in [7, 11) is 2.69. The van der Waals surface area contributed by atoms with Crippen molar-refractivity contribution in [2.24, 2.45) is 7.05 Å². The average molecular weight is 374 g/mol. The fourth-order valence-electron chi connectivity index (χ4n) is 3.75. The molecule has 1 aromatic carbocycles. The van der Waals surface area contributed by atoms with Crippen LogP contribution in [0.15, 0.2) is 41.3 Å². The highest BCUT2D eigenvalue weighted by molar-refractivity contribution is 7.84. The Balaban J connectivity index is 1.81. The van der Waals surface area contributed by atoms with Crippen molar-refractivity contribution in [1.29, 1.82) is 0 Å². The highest BCUT2D eigenvalue weighted by Crippen LogP contribution is 2.33. The molecule has 140 valence electrons. The third-order valence-corrected chi connectivity index (χ3v) is 6.15. The van der Waals surface area contributed by atoms with Gasteiger partial charge in [0.2, 0.25) is 0 Å². The van der Waals surface area contributed by atoms with Crippen LogP contribution >= 0.6 is 0 Å². The Morgan fingerprint density at radius 1 is 1.19 bits per heavy atom. The lowest BCUT2D eigenvalue weighted by molar-refractivity contribution is 0.0952. The molecule has 2 unspecified atom stereocenters. The van der Waals surface area contributed by atoms with Crippen LogP contribution < -0.4 is 5.32 Å². The molecule has 26 heavy (non-hydrogen) atoms. The zero-order valence-electron chi connectivity index (χ0n) is 15.7. The Bertz CT molecular complexity index is 798. The Hall–Kier alpha value is -1.92. The smallest absolute Gasteiger partial charge is 0.267 e. The Kier molecular flexibility index (Phi) is 5.94. The second kappa shape index (κ2) is 8.18. The van der Waals surface area contributed by atoms with Crippen LogP contribution in [0.4, 0.5) is 0 Å². The van der Waals surface area contributed by atoms with Crippen LogP contribution in [0.1, 0.15) is 47.1 Å². The van der Waals surface area contributed by atoms with Crippen LogP contribution in [0.5, 0.6) is 0 Å². The van der Waals surface area contributed by atoms with Crippen LogP contribution in [0.25, 0.3) is 0 Å². The van der Waals surface area contributed by atoms with E-state index >= 15 is 0 Å². The maximum Gasteiger partial charge on any atom is 0.267 e. The molecule has 0 spiro atoms. The summed E-state index contributed by atoms with van der Waals surface area (Å²) in [6, 6.07) is 12.4. The van der Waals surface area contributed by atoms with Gasteiger partial charge in [-0.1, -0.05) is 18.6 Å². The zero-order valence-corrected chi connectivity index (χ0v) is 16.5. The number of nitrogens with one attached hydrogen (secondary N) is 1. The molecule has 1 aromatic heterocycles. The number of carbonyl (C=O) groups excluding carboxylic acids is 1. The Morgan fingerprint density at radius 3 is 2.58 bits per heavy atom. The van der Waals surface area contributed by atoms with Gasteiger partial charge in [0, 0.05) is 48.3 Å². The van der Waals surface area contributed by atoms with Crippen molar-refractivity contribution in [3.05, 3.63) is 53.3 Å². The minimum Gasteiger partial charge on any atom is -0.354 e. The van der Waals surface area contributed by atoms with E-state index in [4.69, 9.17) is 0 Å². The van der Waals surface area contributed by atoms with Crippen molar-refractivity contribution in [2.75, 3.05) is 19.8 Å². The second-order valence-electron chi connectivity index (χ2n) is 6.86. The van der Waals surface area contributed by atoms with Gasteiger partial charge in [0.05, 0.1) is 6.04 Å². The summed E-state index contributed by atoms with van der Waals surface area (Å²) in [5.41, 5.74) is 3.12. The first-order valence-electron chi connectivity index (χ1n) is 9.05. The van der Waals surface area contributed by atoms with Gasteiger partial charge in [0.15, 0.2) is 0 Å². The number of carbonyl (C=O) groups is 1. The molecule has 2 atom stereocenters. The first-order valence-corrected chi connectivity index (χ1v) is 10.6. The van der Waals surface area contributed by atoms with E-state index in [0.717, 1.165) is 24.4 Å². The number of aromatic nitrogens is 1. The largest absolute Gasteiger partial charge is 0.354 e. The van der Waals surface area contributed by atoms with Gasteiger partial charge < -0.3 is 9.88 Å². The summed E-state index contributed by atoms with van der Waals surface area (Å²) in [5.74, 6) is -0.0516. The van der Waals surface area contributed by atoms with E-state index in [0.29, 0.717) is 11.7 Å². The minimum atomic E-state index is -0.941. The van der Waals surface area contributed by atoms with Crippen molar-refractivity contribution in [3.8, 4) is 0 Å². The normalized spacial score (nSPS) is 19.3. The molecule has 2 heterocycles. The fourth-order valence-corrected chi connectivity index (χ4v) is 4.27. The SMILES string of the molecule is CNC(=O)c1ccc(C2CCCCN2Cc2ccc(S(C)=O)cc2)n1C. The van der Waals surface area contributed by atoms with Gasteiger partial charge in [-0.3, -0.25) is 13.9 Å². The number of hydrogen-bond acceptors (Lipinski definition) is 3. The van der Waals surface area contributed by atoms with E-state index in [9.17, 15) is 9.00 Å². The van der Waals surface area contributed by atoms with E-state index in [2.05, 4.69) is 28.4 Å². The molecular formula is C20H27N3O2S. The molecule has 0 radical (unpaired) electrons. The number of rotatable bonds is 5. The maximum atomic E-state index is 12.0. The summed E-state index contributed by atoms with van der Waals surface area (Å²) in [6.45, 7) is 1.91. The monoisotopic (exact) mass is 373 g/mol. The van der Waals surface area contributed by atoms with Crippen LogP contribution in [-0.4, -0.2) is 39.4 Å². The van der Waals surface area contributed by atoms with Crippen LogP contribution in [-0.2, 0) is 24.4 Å². The molecule has 1 amide bonds. The molecule has 2 aromatic rings. The van der Waals surface area contributed by atoms with Crippen LogP contribution in [0.3, 0.4) is 0 Å². The minimum absolute atomic E-state index is 0.0516. The van der Waals surface area contributed by atoms with E-state index in [-0.39, 0.29) is 5.91 Å². The third kappa shape index (κ3) is 3.91. The third-order valence-electron chi connectivity index (χ3n) is 5.22. The molecule has 1 saturated heterocycles. The van der Waals surface area contributed by atoms with Gasteiger partial charge in [-0.05, 0) is 49.2 Å². The standard InChI is InChI=1S/C20H27N3O2S/c1-21-20(24)19-12-11-17(22(19)2)18-6-4-5-13-23(18)14-15-7-9-16(10-8-15)26(3)25/h7-12,18H,4-6,13-14H2,1-3H3,(H,21,24). The number of nitrogens with zero attached hydrogens (tertiary/aromatic N) is 2. The second-order valence-corrected chi connectivity index (χ2v) is 8.24. The number of hydrogen-bond donors (Lipinski definition) is 1. The number of amides is 1. The lowest BCUT2D eigenvalue weighted by Gasteiger charge is -2.36. The quantitative estimate of drug-likeness (QED) is 0.877. The molecule has 0 aliphatic carbocycles. The summed E-state index contributed by atoms with van der Waals surface area (Å²) in [5, 5.41) is 2.71. The first-order chi connectivity index (χ1) is 12.5. The maximum absolute atomic E-state index is 12.0. The molecule has 5 nitrogen and oxygen atoms in total. The van der Waals surface area contributed by atoms with Gasteiger partial charge in [0.25, 0.3) is 5.91 Å². The predicted molar refractivity (Wildman–Crippen MR) is 105 cm³/mol. The lowest BCUT2D eigenvalue weighted by Crippen LogP contribution is -2.34. The molecule has 1 aliphatic rings. The first kappa shape index (κ1) is 18.9. The van der Waals surface area contributed by atoms with Crippen LogP contribution in [0, 0.1) is 0 Å². The molecule has 1 fully saturated rings. The van der Waals surface area contributed by atoms with Crippen molar-refractivity contribution in [2.45, 2.75) is 36.7 Å². The van der Waals surface area contributed by atoms with Crippen LogP contribution in [0.2, 0.25) is 0 Å². The number of benzene rings is 1. The zero-order chi connectivity index (χ0) is 18.7. The van der Waals surface area contributed by atoms with E-state index in [1.54, 1.807) is 13.3 Å². The molecule has 3 rings (SSSR count). The number of piperidine rings is 1. The lowest BCUT2D eigenvalue weighted by atomic mass is 9.98. The summed E-state index contributed by atoms with van der Waals surface area (Å²) in [6.07, 6.45) is 5.20.